The van der Waals surface area contributed by atoms with Gasteiger partial charge in [-0.25, -0.2) is 26.6 Å². The molecule has 0 aliphatic heterocycles. The number of thioether (sulfide) groups is 1. The molecule has 1 unspecified atom stereocenters. The highest BCUT2D eigenvalue weighted by atomic mass is 32.2. The van der Waals surface area contributed by atoms with Crippen LogP contribution in [0, 0.1) is 17.2 Å². The fraction of sp³-hybridized carbons (Fsp3) is 0.333. The van der Waals surface area contributed by atoms with E-state index in [0.29, 0.717) is 5.75 Å². The number of rotatable bonds is 8. The molecule has 3 rings (SSSR count). The monoisotopic (exact) mass is 523 g/mol. The number of pyridine rings is 1. The van der Waals surface area contributed by atoms with Crippen molar-refractivity contribution in [3.05, 3.63) is 71.7 Å². The van der Waals surface area contributed by atoms with Crippen LogP contribution in [0.15, 0.2) is 53.7 Å². The summed E-state index contributed by atoms with van der Waals surface area (Å²) >= 11 is 1.52. The lowest BCUT2D eigenvalue weighted by atomic mass is 9.83. The smallest absolute Gasteiger partial charge is 0.404 e. The van der Waals surface area contributed by atoms with Crippen molar-refractivity contribution in [2.24, 2.45) is 5.41 Å². The second kappa shape index (κ2) is 10.4. The highest BCUT2D eigenvalue weighted by Gasteiger charge is 2.32. The Labute approximate surface area is 207 Å². The summed E-state index contributed by atoms with van der Waals surface area (Å²) in [6.45, 7) is 5.33. The SMILES string of the molecule is CSCc1cccc(S(=O)(=O)n2cc(CC(NC(=O)O)C(C)(C)C)c(F)c2-c2cccnc2F)c1. The summed E-state index contributed by atoms with van der Waals surface area (Å²) < 4.78 is 58.5. The van der Waals surface area contributed by atoms with E-state index < -0.39 is 45.0 Å². The predicted molar refractivity (Wildman–Crippen MR) is 132 cm³/mol. The molecule has 1 aromatic carbocycles. The number of amides is 1. The van der Waals surface area contributed by atoms with E-state index in [1.807, 2.05) is 6.26 Å². The largest absolute Gasteiger partial charge is 0.465 e. The number of carboxylic acid groups (broad SMARTS) is 1. The van der Waals surface area contributed by atoms with Crippen LogP contribution in [0.3, 0.4) is 0 Å². The second-order valence-electron chi connectivity index (χ2n) is 9.11. The van der Waals surface area contributed by atoms with Crippen LogP contribution in [0.2, 0.25) is 0 Å². The van der Waals surface area contributed by atoms with Crippen LogP contribution in [0.4, 0.5) is 13.6 Å². The molecule has 35 heavy (non-hydrogen) atoms. The normalized spacial score (nSPS) is 13.0. The molecule has 188 valence electrons. The fourth-order valence-electron chi connectivity index (χ4n) is 3.66. The number of nitrogens with zero attached hydrogens (tertiary/aromatic N) is 2. The molecular formula is C24H27F2N3O4S2. The number of aromatic nitrogens is 2. The third-order valence-electron chi connectivity index (χ3n) is 5.53. The summed E-state index contributed by atoms with van der Waals surface area (Å²) in [6, 6.07) is 8.15. The van der Waals surface area contributed by atoms with Crippen LogP contribution in [0.1, 0.15) is 31.9 Å². The molecule has 0 aliphatic carbocycles. The molecule has 0 saturated carbocycles. The van der Waals surface area contributed by atoms with Gasteiger partial charge in [0, 0.05) is 29.8 Å². The lowest BCUT2D eigenvalue weighted by Crippen LogP contribution is -2.44. The summed E-state index contributed by atoms with van der Waals surface area (Å²) in [7, 11) is -4.34. The first kappa shape index (κ1) is 26.7. The van der Waals surface area contributed by atoms with Gasteiger partial charge in [0.1, 0.15) is 5.69 Å². The highest BCUT2D eigenvalue weighted by molar-refractivity contribution is 7.97. The zero-order valence-electron chi connectivity index (χ0n) is 19.7. The van der Waals surface area contributed by atoms with E-state index in [9.17, 15) is 22.7 Å². The van der Waals surface area contributed by atoms with Gasteiger partial charge in [-0.05, 0) is 47.9 Å². The maximum Gasteiger partial charge on any atom is 0.404 e. The first-order chi connectivity index (χ1) is 16.4. The van der Waals surface area contributed by atoms with E-state index in [4.69, 9.17) is 0 Å². The summed E-state index contributed by atoms with van der Waals surface area (Å²) in [4.78, 5) is 14.8. The number of halogens is 2. The van der Waals surface area contributed by atoms with E-state index in [-0.39, 0.29) is 22.4 Å². The summed E-state index contributed by atoms with van der Waals surface area (Å²) in [6.07, 6.45) is 2.72. The second-order valence-corrected chi connectivity index (χ2v) is 11.8. The highest BCUT2D eigenvalue weighted by Crippen LogP contribution is 2.34. The Balaban J connectivity index is 2.23. The predicted octanol–water partition coefficient (Wildman–Crippen LogP) is 5.15. The van der Waals surface area contributed by atoms with Crippen molar-refractivity contribution < 1.29 is 27.1 Å². The fourth-order valence-corrected chi connectivity index (χ4v) is 5.64. The van der Waals surface area contributed by atoms with Crippen LogP contribution in [-0.4, -0.2) is 40.9 Å². The Hall–Kier alpha value is -2.92. The molecule has 3 aromatic rings. The van der Waals surface area contributed by atoms with Gasteiger partial charge in [-0.2, -0.15) is 16.2 Å². The van der Waals surface area contributed by atoms with E-state index >= 15 is 4.39 Å². The van der Waals surface area contributed by atoms with Crippen molar-refractivity contribution in [3.63, 3.8) is 0 Å². The summed E-state index contributed by atoms with van der Waals surface area (Å²) in [5.41, 5.74) is -0.736. The molecular weight excluding hydrogens is 496 g/mol. The molecule has 2 aromatic heterocycles. The molecule has 0 aliphatic rings. The number of benzene rings is 1. The van der Waals surface area contributed by atoms with E-state index in [1.54, 1.807) is 32.9 Å². The minimum atomic E-state index is -4.34. The van der Waals surface area contributed by atoms with Gasteiger partial charge in [0.25, 0.3) is 10.0 Å². The van der Waals surface area contributed by atoms with Gasteiger partial charge in [0.05, 0.1) is 10.5 Å². The molecule has 0 bridgehead atoms. The molecule has 0 radical (unpaired) electrons. The van der Waals surface area contributed by atoms with Gasteiger partial charge in [-0.15, -0.1) is 0 Å². The summed E-state index contributed by atoms with van der Waals surface area (Å²) in [5.74, 6) is -1.41. The first-order valence-electron chi connectivity index (χ1n) is 10.7. The van der Waals surface area contributed by atoms with E-state index in [2.05, 4.69) is 10.3 Å². The first-order valence-corrected chi connectivity index (χ1v) is 13.5. The Morgan fingerprint density at radius 3 is 2.54 bits per heavy atom. The standard InChI is InChI=1S/C24H27F2N3O4S2/c1-24(2,3)19(28-23(30)31)12-16-13-29(21(20(16)25)18-9-6-10-27-22(18)26)35(32,33)17-8-5-7-15(11-17)14-34-4/h5-11,13,19,28H,12,14H2,1-4H3,(H,30,31). The van der Waals surface area contributed by atoms with Crippen LogP contribution in [0.25, 0.3) is 11.3 Å². The van der Waals surface area contributed by atoms with Gasteiger partial charge in [0.15, 0.2) is 5.82 Å². The molecule has 1 atom stereocenters. The van der Waals surface area contributed by atoms with E-state index in [0.717, 1.165) is 15.7 Å². The Morgan fingerprint density at radius 2 is 1.94 bits per heavy atom. The Morgan fingerprint density at radius 1 is 1.23 bits per heavy atom. The van der Waals surface area contributed by atoms with Gasteiger partial charge in [-0.3, -0.25) is 0 Å². The number of nitrogens with one attached hydrogen (secondary N) is 1. The van der Waals surface area contributed by atoms with Crippen LogP contribution < -0.4 is 5.32 Å². The van der Waals surface area contributed by atoms with E-state index in [1.165, 1.54) is 42.2 Å². The third kappa shape index (κ3) is 5.84. The zero-order valence-corrected chi connectivity index (χ0v) is 21.4. The van der Waals surface area contributed by atoms with Crippen molar-refractivity contribution in [1.29, 1.82) is 0 Å². The molecule has 1 amide bonds. The molecule has 11 heteroatoms. The van der Waals surface area contributed by atoms with Crippen molar-refractivity contribution in [2.75, 3.05) is 6.26 Å². The Kier molecular flexibility index (Phi) is 7.90. The topological polar surface area (TPSA) is 101 Å². The third-order valence-corrected chi connectivity index (χ3v) is 7.81. The maximum absolute atomic E-state index is 15.8. The number of hydrogen-bond donors (Lipinski definition) is 2. The molecule has 2 N–H and O–H groups in total. The van der Waals surface area contributed by atoms with Crippen molar-refractivity contribution in [2.45, 2.75) is 43.9 Å². The molecule has 2 heterocycles. The average molecular weight is 524 g/mol. The zero-order chi connectivity index (χ0) is 26.0. The molecule has 7 nitrogen and oxygen atoms in total. The molecule has 0 saturated heterocycles. The van der Waals surface area contributed by atoms with Crippen LogP contribution in [-0.2, 0) is 22.2 Å². The maximum atomic E-state index is 15.8. The van der Waals surface area contributed by atoms with Crippen molar-refractivity contribution >= 4 is 27.9 Å². The van der Waals surface area contributed by atoms with Gasteiger partial charge in [0.2, 0.25) is 5.95 Å². The minimum absolute atomic E-state index is 0.0687. The molecule has 0 fully saturated rings. The summed E-state index contributed by atoms with van der Waals surface area (Å²) in [5, 5.41) is 11.6. The quantitative estimate of drug-likeness (QED) is 0.396. The lowest BCUT2D eigenvalue weighted by Gasteiger charge is -2.30. The van der Waals surface area contributed by atoms with Gasteiger partial charge < -0.3 is 10.4 Å². The number of carbonyl (C=O) groups is 1. The van der Waals surface area contributed by atoms with Crippen molar-refractivity contribution in [1.82, 2.24) is 14.3 Å². The number of hydrogen-bond acceptors (Lipinski definition) is 5. The van der Waals surface area contributed by atoms with Gasteiger partial charge >= 0.3 is 6.09 Å². The van der Waals surface area contributed by atoms with Crippen LogP contribution >= 0.6 is 11.8 Å². The minimum Gasteiger partial charge on any atom is -0.465 e. The lowest BCUT2D eigenvalue weighted by molar-refractivity contribution is 0.174. The average Bonchev–Trinajstić information content (AvgIpc) is 3.10. The van der Waals surface area contributed by atoms with Crippen molar-refractivity contribution in [3.8, 4) is 11.3 Å². The molecule has 0 spiro atoms. The Bertz CT molecular complexity index is 1330. The van der Waals surface area contributed by atoms with Gasteiger partial charge in [-0.1, -0.05) is 32.9 Å². The van der Waals surface area contributed by atoms with Crippen LogP contribution in [0.5, 0.6) is 0 Å².